The van der Waals surface area contributed by atoms with Crippen LogP contribution in [0.15, 0.2) is 36.8 Å². The number of hydrogen-bond acceptors (Lipinski definition) is 6. The van der Waals surface area contributed by atoms with Crippen LogP contribution in [0, 0.1) is 5.82 Å². The molecule has 2 aromatic heterocycles. The summed E-state index contributed by atoms with van der Waals surface area (Å²) in [5, 5.41) is 2.35. The van der Waals surface area contributed by atoms with Gasteiger partial charge in [-0.3, -0.25) is 9.59 Å². The van der Waals surface area contributed by atoms with Crippen LogP contribution >= 0.6 is 23.2 Å². The van der Waals surface area contributed by atoms with Crippen LogP contribution in [-0.2, 0) is 4.74 Å². The number of ether oxygens (including phenoxy) is 1. The number of carbonyl (C=O) groups excluding carboxylic acids is 2. The van der Waals surface area contributed by atoms with E-state index in [9.17, 15) is 14.0 Å². The number of amides is 1. The fourth-order valence-electron chi connectivity index (χ4n) is 3.05. The lowest BCUT2D eigenvalue weighted by molar-refractivity contribution is 0.102. The van der Waals surface area contributed by atoms with Crippen LogP contribution in [0.3, 0.4) is 0 Å². The third-order valence-corrected chi connectivity index (χ3v) is 5.26. The van der Waals surface area contributed by atoms with Gasteiger partial charge in [-0.05, 0) is 18.2 Å². The Morgan fingerprint density at radius 1 is 1.13 bits per heavy atom. The number of H-pyrrole nitrogens is 1. The number of aromatic amines is 1. The van der Waals surface area contributed by atoms with E-state index in [1.165, 1.54) is 36.8 Å². The molecule has 1 aliphatic heterocycles. The molecule has 1 fully saturated rings. The first-order valence-corrected chi connectivity index (χ1v) is 10.0. The Hall–Kier alpha value is -3.01. The Morgan fingerprint density at radius 2 is 1.81 bits per heavy atom. The number of aromatic nitrogens is 3. The Morgan fingerprint density at radius 3 is 2.52 bits per heavy atom. The minimum absolute atomic E-state index is 0.0622. The van der Waals surface area contributed by atoms with Crippen molar-refractivity contribution >= 4 is 46.5 Å². The average Bonchev–Trinajstić information content (AvgIpc) is 3.28. The first-order valence-electron chi connectivity index (χ1n) is 9.26. The maximum atomic E-state index is 14.3. The second kappa shape index (κ2) is 9.01. The Kier molecular flexibility index (Phi) is 6.17. The molecule has 2 N–H and O–H groups in total. The number of nitrogens with zero attached hydrogens (tertiary/aromatic N) is 3. The van der Waals surface area contributed by atoms with Gasteiger partial charge in [-0.1, -0.05) is 23.2 Å². The van der Waals surface area contributed by atoms with Crippen LogP contribution in [0.4, 0.5) is 16.0 Å². The van der Waals surface area contributed by atoms with E-state index < -0.39 is 17.5 Å². The fourth-order valence-corrected chi connectivity index (χ4v) is 3.44. The molecule has 1 amide bonds. The zero-order chi connectivity index (χ0) is 22.0. The predicted octanol–water partition coefficient (Wildman–Crippen LogP) is 3.57. The highest BCUT2D eigenvalue weighted by molar-refractivity contribution is 6.37. The van der Waals surface area contributed by atoms with E-state index in [2.05, 4.69) is 20.3 Å². The summed E-state index contributed by atoms with van der Waals surface area (Å²) in [4.78, 5) is 38.4. The molecule has 0 aliphatic carbocycles. The summed E-state index contributed by atoms with van der Waals surface area (Å²) in [6.45, 7) is 2.62. The molecule has 0 spiro atoms. The van der Waals surface area contributed by atoms with Gasteiger partial charge in [0.25, 0.3) is 5.91 Å². The highest BCUT2D eigenvalue weighted by atomic mass is 35.5. The Bertz CT molecular complexity index is 1130. The quantitative estimate of drug-likeness (QED) is 0.443. The Labute approximate surface area is 186 Å². The number of rotatable bonds is 5. The van der Waals surface area contributed by atoms with Crippen molar-refractivity contribution in [2.45, 2.75) is 0 Å². The van der Waals surface area contributed by atoms with Crippen molar-refractivity contribution in [1.82, 2.24) is 15.0 Å². The highest BCUT2D eigenvalue weighted by Crippen LogP contribution is 2.28. The average molecular weight is 464 g/mol. The van der Waals surface area contributed by atoms with E-state index in [1.54, 1.807) is 0 Å². The van der Waals surface area contributed by atoms with E-state index in [1.807, 2.05) is 4.90 Å². The lowest BCUT2D eigenvalue weighted by Gasteiger charge is -2.26. The first kappa shape index (κ1) is 21.2. The molecule has 31 heavy (non-hydrogen) atoms. The molecule has 0 unspecified atom stereocenters. The Balaban J connectivity index is 1.46. The van der Waals surface area contributed by atoms with Gasteiger partial charge in [-0.2, -0.15) is 0 Å². The monoisotopic (exact) mass is 463 g/mol. The first-order chi connectivity index (χ1) is 14.9. The van der Waals surface area contributed by atoms with Crippen molar-refractivity contribution in [3.05, 3.63) is 69.5 Å². The predicted molar refractivity (Wildman–Crippen MR) is 114 cm³/mol. The second-order valence-electron chi connectivity index (χ2n) is 6.67. The summed E-state index contributed by atoms with van der Waals surface area (Å²) in [5.74, 6) is -1.57. The van der Waals surface area contributed by atoms with Crippen LogP contribution < -0.4 is 10.2 Å². The van der Waals surface area contributed by atoms with Gasteiger partial charge < -0.3 is 19.9 Å². The van der Waals surface area contributed by atoms with Crippen molar-refractivity contribution in [3.8, 4) is 0 Å². The summed E-state index contributed by atoms with van der Waals surface area (Å²) in [6, 6.07) is 3.90. The van der Waals surface area contributed by atoms with Gasteiger partial charge in [0.2, 0.25) is 5.95 Å². The van der Waals surface area contributed by atoms with Crippen molar-refractivity contribution in [3.63, 3.8) is 0 Å². The van der Waals surface area contributed by atoms with Gasteiger partial charge >= 0.3 is 0 Å². The molecule has 1 saturated heterocycles. The number of ketones is 1. The summed E-state index contributed by atoms with van der Waals surface area (Å²) < 4.78 is 19.6. The molecule has 160 valence electrons. The third kappa shape index (κ3) is 4.53. The molecular weight excluding hydrogens is 448 g/mol. The maximum absolute atomic E-state index is 14.3. The minimum Gasteiger partial charge on any atom is -0.378 e. The molecule has 1 aromatic carbocycles. The van der Waals surface area contributed by atoms with Crippen LogP contribution in [0.1, 0.15) is 26.4 Å². The van der Waals surface area contributed by atoms with Crippen LogP contribution in [0.5, 0.6) is 0 Å². The number of nitrogens with one attached hydrogen (secondary N) is 2. The molecule has 11 heteroatoms. The molecule has 0 atom stereocenters. The zero-order valence-corrected chi connectivity index (χ0v) is 17.5. The molecule has 0 radical (unpaired) electrons. The van der Waals surface area contributed by atoms with Gasteiger partial charge in [-0.25, -0.2) is 14.4 Å². The van der Waals surface area contributed by atoms with Crippen LogP contribution in [0.2, 0.25) is 10.0 Å². The van der Waals surface area contributed by atoms with Gasteiger partial charge in [0.1, 0.15) is 5.69 Å². The number of carbonyl (C=O) groups is 2. The van der Waals surface area contributed by atoms with Crippen molar-refractivity contribution in [1.29, 1.82) is 0 Å². The number of hydrogen-bond donors (Lipinski definition) is 2. The number of benzene rings is 1. The molecule has 3 aromatic rings. The summed E-state index contributed by atoms with van der Waals surface area (Å²) >= 11 is 11.7. The van der Waals surface area contributed by atoms with Crippen molar-refractivity contribution in [2.24, 2.45) is 0 Å². The zero-order valence-electron chi connectivity index (χ0n) is 16.0. The number of anilines is 2. The molecular formula is C20H16Cl2FN5O3. The summed E-state index contributed by atoms with van der Waals surface area (Å²) in [7, 11) is 0. The van der Waals surface area contributed by atoms with E-state index in [-0.39, 0.29) is 26.9 Å². The SMILES string of the molecule is O=C(Nc1cnc(N2CCOCC2)nc1)c1cc(C(=O)c2c(Cl)ccc(Cl)c2F)c[nH]1. The van der Waals surface area contributed by atoms with Gasteiger partial charge in [-0.15, -0.1) is 0 Å². The van der Waals surface area contributed by atoms with E-state index in [4.69, 9.17) is 27.9 Å². The van der Waals surface area contributed by atoms with Crippen LogP contribution in [0.25, 0.3) is 0 Å². The number of morpholine rings is 1. The fraction of sp³-hybridized carbons (Fsp3) is 0.200. The number of halogens is 3. The van der Waals surface area contributed by atoms with E-state index in [0.29, 0.717) is 37.9 Å². The second-order valence-corrected chi connectivity index (χ2v) is 7.49. The van der Waals surface area contributed by atoms with Crippen LogP contribution in [-0.4, -0.2) is 52.9 Å². The molecule has 0 saturated carbocycles. The normalized spacial score (nSPS) is 13.8. The largest absolute Gasteiger partial charge is 0.378 e. The summed E-state index contributed by atoms with van der Waals surface area (Å²) in [6.07, 6.45) is 4.28. The molecule has 1 aliphatic rings. The highest BCUT2D eigenvalue weighted by Gasteiger charge is 2.22. The van der Waals surface area contributed by atoms with Gasteiger partial charge in [0.05, 0.1) is 46.9 Å². The topological polar surface area (TPSA) is 100 Å². The molecule has 4 rings (SSSR count). The maximum Gasteiger partial charge on any atom is 0.272 e. The molecule has 8 nitrogen and oxygen atoms in total. The van der Waals surface area contributed by atoms with Crippen molar-refractivity contribution in [2.75, 3.05) is 36.5 Å². The summed E-state index contributed by atoms with van der Waals surface area (Å²) in [5.41, 5.74) is 0.187. The molecule has 3 heterocycles. The van der Waals surface area contributed by atoms with E-state index in [0.717, 1.165) is 0 Å². The van der Waals surface area contributed by atoms with Crippen molar-refractivity contribution < 1.29 is 18.7 Å². The van der Waals surface area contributed by atoms with E-state index >= 15 is 0 Å². The minimum atomic E-state index is -0.913. The lowest BCUT2D eigenvalue weighted by Crippen LogP contribution is -2.37. The standard InChI is InChI=1S/C20H16Cl2FN5O3/c21-13-1-2-14(22)17(23)16(13)18(29)11-7-15(24-8-11)19(30)27-12-9-25-20(26-10-12)28-3-5-31-6-4-28/h1-2,7-10,24H,3-6H2,(H,27,30). The molecule has 0 bridgehead atoms. The lowest BCUT2D eigenvalue weighted by atomic mass is 10.0. The van der Waals surface area contributed by atoms with Gasteiger partial charge in [0, 0.05) is 24.8 Å². The van der Waals surface area contributed by atoms with Gasteiger partial charge in [0.15, 0.2) is 11.6 Å². The third-order valence-electron chi connectivity index (χ3n) is 4.65. The smallest absolute Gasteiger partial charge is 0.272 e.